The number of aryl methyl sites for hydroxylation is 2. The van der Waals surface area contributed by atoms with E-state index in [0.717, 1.165) is 29.7 Å². The number of nitrogens with one attached hydrogen (secondary N) is 2. The van der Waals surface area contributed by atoms with Crippen LogP contribution in [0.1, 0.15) is 22.4 Å². The number of aliphatic imine (C=N–C) groups is 1. The van der Waals surface area contributed by atoms with Gasteiger partial charge in [-0.1, -0.05) is 12.1 Å². The molecule has 1 unspecified atom stereocenters. The van der Waals surface area contributed by atoms with Gasteiger partial charge < -0.3 is 15.4 Å². The summed E-state index contributed by atoms with van der Waals surface area (Å²) in [5.41, 5.74) is 1.20. The first-order valence-electron chi connectivity index (χ1n) is 8.16. The molecule has 2 aromatic rings. The third-order valence-electron chi connectivity index (χ3n) is 3.41. The van der Waals surface area contributed by atoms with Gasteiger partial charge in [0.1, 0.15) is 11.9 Å². The van der Waals surface area contributed by atoms with Crippen LogP contribution in [0.5, 0.6) is 5.75 Å². The molecule has 0 saturated heterocycles. The van der Waals surface area contributed by atoms with E-state index in [0.29, 0.717) is 6.54 Å². The summed E-state index contributed by atoms with van der Waals surface area (Å²) < 4.78 is 5.91. The molecule has 0 radical (unpaired) electrons. The fourth-order valence-electron chi connectivity index (χ4n) is 2.23. The van der Waals surface area contributed by atoms with Crippen LogP contribution in [0.4, 0.5) is 0 Å². The van der Waals surface area contributed by atoms with Gasteiger partial charge in [-0.25, -0.2) is 4.98 Å². The van der Waals surface area contributed by atoms with Crippen LogP contribution in [0.15, 0.2) is 35.5 Å². The van der Waals surface area contributed by atoms with E-state index in [1.807, 2.05) is 31.3 Å². The number of ether oxygens (including phenoxy) is 1. The Morgan fingerprint density at radius 3 is 2.76 bits per heavy atom. The lowest BCUT2D eigenvalue weighted by Gasteiger charge is -2.18. The average Bonchev–Trinajstić information content (AvgIpc) is 2.96. The minimum atomic E-state index is 0. The molecule has 0 bridgehead atoms. The Balaban J connectivity index is 0.00000312. The highest BCUT2D eigenvalue weighted by molar-refractivity contribution is 14.0. The van der Waals surface area contributed by atoms with Gasteiger partial charge in [-0.2, -0.15) is 0 Å². The lowest BCUT2D eigenvalue weighted by atomic mass is 10.2. The van der Waals surface area contributed by atoms with Crippen LogP contribution in [-0.2, 0) is 6.42 Å². The van der Waals surface area contributed by atoms with Gasteiger partial charge in [0.05, 0.1) is 11.6 Å². The van der Waals surface area contributed by atoms with Crippen LogP contribution in [0.25, 0.3) is 0 Å². The molecule has 0 amide bonds. The van der Waals surface area contributed by atoms with Gasteiger partial charge in [-0.15, -0.1) is 35.3 Å². The van der Waals surface area contributed by atoms with E-state index in [1.54, 1.807) is 18.4 Å². The minimum Gasteiger partial charge on any atom is -0.489 e. The Kier molecular flexibility index (Phi) is 9.81. The molecule has 138 valence electrons. The van der Waals surface area contributed by atoms with E-state index in [2.05, 4.69) is 40.5 Å². The molecule has 5 nitrogen and oxygen atoms in total. The Labute approximate surface area is 171 Å². The van der Waals surface area contributed by atoms with Gasteiger partial charge in [0, 0.05) is 31.1 Å². The second-order valence-electron chi connectivity index (χ2n) is 5.74. The predicted molar refractivity (Wildman–Crippen MR) is 117 cm³/mol. The zero-order chi connectivity index (χ0) is 17.4. The summed E-state index contributed by atoms with van der Waals surface area (Å²) in [6, 6.07) is 8.09. The van der Waals surface area contributed by atoms with Crippen molar-refractivity contribution < 1.29 is 4.74 Å². The van der Waals surface area contributed by atoms with Crippen LogP contribution in [0.3, 0.4) is 0 Å². The molecule has 0 aliphatic heterocycles. The van der Waals surface area contributed by atoms with Crippen molar-refractivity contribution >= 4 is 41.3 Å². The van der Waals surface area contributed by atoms with E-state index < -0.39 is 0 Å². The lowest BCUT2D eigenvalue weighted by Crippen LogP contribution is -2.42. The molecule has 1 atom stereocenters. The fraction of sp³-hybridized carbons (Fsp3) is 0.444. The summed E-state index contributed by atoms with van der Waals surface area (Å²) in [6.45, 7) is 7.67. The smallest absolute Gasteiger partial charge is 0.191 e. The van der Waals surface area contributed by atoms with Gasteiger partial charge in [-0.3, -0.25) is 4.99 Å². The molecule has 2 rings (SSSR count). The zero-order valence-corrected chi connectivity index (χ0v) is 18.4. The second kappa shape index (κ2) is 11.3. The number of halogens is 1. The monoisotopic (exact) mass is 474 g/mol. The molecule has 7 heteroatoms. The van der Waals surface area contributed by atoms with Crippen molar-refractivity contribution in [3.05, 3.63) is 45.9 Å². The highest BCUT2D eigenvalue weighted by Gasteiger charge is 2.06. The van der Waals surface area contributed by atoms with E-state index >= 15 is 0 Å². The van der Waals surface area contributed by atoms with Crippen LogP contribution < -0.4 is 15.4 Å². The highest BCUT2D eigenvalue weighted by atomic mass is 127. The topological polar surface area (TPSA) is 58.5 Å². The summed E-state index contributed by atoms with van der Waals surface area (Å²) in [4.78, 5) is 9.85. The molecular formula is C18H27IN4OS. The maximum absolute atomic E-state index is 5.91. The summed E-state index contributed by atoms with van der Waals surface area (Å²) in [5.74, 6) is 1.68. The van der Waals surface area contributed by atoms with Gasteiger partial charge in [0.25, 0.3) is 0 Å². The van der Waals surface area contributed by atoms with Crippen molar-refractivity contribution in [2.45, 2.75) is 33.3 Å². The summed E-state index contributed by atoms with van der Waals surface area (Å²) in [7, 11) is 1.77. The van der Waals surface area contributed by atoms with Crippen molar-refractivity contribution in [1.82, 2.24) is 15.6 Å². The first-order chi connectivity index (χ1) is 11.6. The van der Waals surface area contributed by atoms with Crippen molar-refractivity contribution in [3.63, 3.8) is 0 Å². The van der Waals surface area contributed by atoms with Gasteiger partial charge in [-0.05, 0) is 38.5 Å². The van der Waals surface area contributed by atoms with Crippen molar-refractivity contribution in [3.8, 4) is 5.75 Å². The fourth-order valence-corrected chi connectivity index (χ4v) is 3.02. The maximum atomic E-state index is 5.91. The summed E-state index contributed by atoms with van der Waals surface area (Å²) >= 11 is 1.74. The Morgan fingerprint density at radius 1 is 1.32 bits per heavy atom. The molecular weight excluding hydrogens is 447 g/mol. The number of benzene rings is 1. The molecule has 1 aromatic carbocycles. The quantitative estimate of drug-likeness (QED) is 0.366. The third kappa shape index (κ3) is 8.04. The third-order valence-corrected chi connectivity index (χ3v) is 4.38. The first-order valence-corrected chi connectivity index (χ1v) is 8.97. The van der Waals surface area contributed by atoms with Crippen molar-refractivity contribution in [2.75, 3.05) is 20.1 Å². The molecule has 1 aromatic heterocycles. The zero-order valence-electron chi connectivity index (χ0n) is 15.2. The van der Waals surface area contributed by atoms with Gasteiger partial charge >= 0.3 is 0 Å². The molecule has 0 aliphatic carbocycles. The lowest BCUT2D eigenvalue weighted by molar-refractivity contribution is 0.223. The molecule has 0 aliphatic rings. The first kappa shape index (κ1) is 21.7. The SMILES string of the molecule is CN=C(NCCc1ncc(C)s1)NCC(C)Oc1cccc(C)c1.I. The number of aromatic nitrogens is 1. The number of guanidine groups is 1. The molecule has 2 N–H and O–H groups in total. The van der Waals surface area contributed by atoms with E-state index in [4.69, 9.17) is 4.74 Å². The van der Waals surface area contributed by atoms with Crippen LogP contribution in [0.2, 0.25) is 0 Å². The number of nitrogens with zero attached hydrogens (tertiary/aromatic N) is 2. The Hall–Kier alpha value is -1.35. The van der Waals surface area contributed by atoms with Crippen LogP contribution in [-0.4, -0.2) is 37.2 Å². The van der Waals surface area contributed by atoms with E-state index in [9.17, 15) is 0 Å². The summed E-state index contributed by atoms with van der Waals surface area (Å²) in [6.07, 6.45) is 2.86. The van der Waals surface area contributed by atoms with Crippen LogP contribution in [0, 0.1) is 13.8 Å². The standard InChI is InChI=1S/C18H26N4OS.HI/c1-13-6-5-7-16(10-13)23-14(2)11-22-18(19-4)20-9-8-17-21-12-15(3)24-17;/h5-7,10,12,14H,8-9,11H2,1-4H3,(H2,19,20,22);1H. The van der Waals surface area contributed by atoms with Crippen molar-refractivity contribution in [1.29, 1.82) is 0 Å². The van der Waals surface area contributed by atoms with Gasteiger partial charge in [0.2, 0.25) is 0 Å². The highest BCUT2D eigenvalue weighted by Crippen LogP contribution is 2.14. The minimum absolute atomic E-state index is 0. The second-order valence-corrected chi connectivity index (χ2v) is 7.06. The largest absolute Gasteiger partial charge is 0.489 e. The Bertz CT molecular complexity index is 675. The molecule has 0 spiro atoms. The summed E-state index contributed by atoms with van der Waals surface area (Å²) in [5, 5.41) is 7.74. The van der Waals surface area contributed by atoms with Gasteiger partial charge in [0.15, 0.2) is 5.96 Å². The maximum Gasteiger partial charge on any atom is 0.191 e. The number of thiazole rings is 1. The number of rotatable bonds is 7. The Morgan fingerprint density at radius 2 is 2.12 bits per heavy atom. The molecule has 0 saturated carbocycles. The normalized spacial score (nSPS) is 12.2. The molecule has 1 heterocycles. The van der Waals surface area contributed by atoms with Crippen LogP contribution >= 0.6 is 35.3 Å². The van der Waals surface area contributed by atoms with E-state index in [-0.39, 0.29) is 30.1 Å². The molecule has 25 heavy (non-hydrogen) atoms. The van der Waals surface area contributed by atoms with E-state index in [1.165, 1.54) is 10.4 Å². The van der Waals surface area contributed by atoms with Crippen molar-refractivity contribution in [2.24, 2.45) is 4.99 Å². The number of hydrogen-bond donors (Lipinski definition) is 2. The average molecular weight is 474 g/mol. The molecule has 0 fully saturated rings. The number of hydrogen-bond acceptors (Lipinski definition) is 4. The predicted octanol–water partition coefficient (Wildman–Crippen LogP) is 3.55.